The molecule has 1 aromatic heterocycles. The molecule has 3 rings (SSSR count). The summed E-state index contributed by atoms with van der Waals surface area (Å²) in [6, 6.07) is 4.46. The summed E-state index contributed by atoms with van der Waals surface area (Å²) in [6.45, 7) is 4.65. The van der Waals surface area contributed by atoms with Gasteiger partial charge in [0.15, 0.2) is 0 Å². The number of nitrogen functional groups attached to an aromatic ring is 1. The van der Waals surface area contributed by atoms with Crippen molar-refractivity contribution in [2.75, 3.05) is 11.1 Å². The molecule has 0 aliphatic carbocycles. The van der Waals surface area contributed by atoms with Gasteiger partial charge in [-0.3, -0.25) is 0 Å². The summed E-state index contributed by atoms with van der Waals surface area (Å²) < 4.78 is 88.1. The molecule has 0 aliphatic rings. The minimum Gasteiger partial charge on any atom is -0.488 e. The molecule has 0 aliphatic heterocycles. The molecular formula is C20H18ClF6N5O. The van der Waals surface area contributed by atoms with Crippen LogP contribution in [0.4, 0.5) is 43.9 Å². The number of nitrogens with one attached hydrogen (secondary N) is 2. The van der Waals surface area contributed by atoms with Gasteiger partial charge < -0.3 is 15.8 Å². The third-order valence-electron chi connectivity index (χ3n) is 4.14. The van der Waals surface area contributed by atoms with Crippen LogP contribution in [-0.4, -0.2) is 20.8 Å². The second-order valence-electron chi connectivity index (χ2n) is 7.97. The molecule has 4 N–H and O–H groups in total. The number of benzene rings is 2. The van der Waals surface area contributed by atoms with E-state index in [2.05, 4.69) is 20.5 Å². The number of alkyl halides is 6. The highest BCUT2D eigenvalue weighted by Gasteiger charge is 2.38. The molecule has 178 valence electrons. The van der Waals surface area contributed by atoms with Crippen molar-refractivity contribution in [2.24, 2.45) is 0 Å². The van der Waals surface area contributed by atoms with E-state index in [4.69, 9.17) is 22.1 Å². The van der Waals surface area contributed by atoms with E-state index in [0.29, 0.717) is 12.1 Å². The molecular weight excluding hydrogens is 476 g/mol. The number of aromatic amines is 1. The van der Waals surface area contributed by atoms with Gasteiger partial charge in [0.25, 0.3) is 0 Å². The highest BCUT2D eigenvalue weighted by molar-refractivity contribution is 6.34. The van der Waals surface area contributed by atoms with Crippen molar-refractivity contribution in [1.29, 1.82) is 0 Å². The number of hydrogen-bond donors (Lipinski definition) is 3. The zero-order chi connectivity index (χ0) is 24.8. The smallest absolute Gasteiger partial charge is 0.419 e. The van der Waals surface area contributed by atoms with Crippen LogP contribution in [0, 0.1) is 0 Å². The zero-order valence-electron chi connectivity index (χ0n) is 17.4. The third kappa shape index (κ3) is 5.81. The Bertz CT molecular complexity index is 1170. The van der Waals surface area contributed by atoms with Gasteiger partial charge >= 0.3 is 12.4 Å². The Morgan fingerprint density at radius 3 is 2.12 bits per heavy atom. The maximum atomic E-state index is 13.9. The molecule has 0 fully saturated rings. The van der Waals surface area contributed by atoms with Gasteiger partial charge in [0.2, 0.25) is 11.9 Å². The summed E-state index contributed by atoms with van der Waals surface area (Å²) in [4.78, 5) is 3.72. The number of anilines is 3. The average molecular weight is 494 g/mol. The largest absolute Gasteiger partial charge is 0.488 e. The molecule has 33 heavy (non-hydrogen) atoms. The lowest BCUT2D eigenvalue weighted by Gasteiger charge is -2.25. The quantitative estimate of drug-likeness (QED) is 0.353. The topological polar surface area (TPSA) is 88.8 Å². The Balaban J connectivity index is 2.16. The third-order valence-corrected chi connectivity index (χ3v) is 4.44. The number of aromatic nitrogens is 3. The fourth-order valence-corrected chi connectivity index (χ4v) is 3.31. The van der Waals surface area contributed by atoms with Gasteiger partial charge in [-0.2, -0.15) is 31.3 Å². The maximum Gasteiger partial charge on any atom is 0.419 e. The number of hydrogen-bond acceptors (Lipinski definition) is 5. The van der Waals surface area contributed by atoms with E-state index in [0.717, 1.165) is 18.2 Å². The van der Waals surface area contributed by atoms with Crippen LogP contribution < -0.4 is 15.8 Å². The molecule has 0 unspecified atom stereocenters. The molecule has 0 saturated heterocycles. The van der Waals surface area contributed by atoms with Gasteiger partial charge in [-0.15, -0.1) is 5.10 Å². The molecule has 2 aromatic carbocycles. The van der Waals surface area contributed by atoms with Crippen molar-refractivity contribution in [3.05, 3.63) is 46.5 Å². The van der Waals surface area contributed by atoms with Crippen LogP contribution in [0.1, 0.15) is 31.9 Å². The average Bonchev–Trinajstić information content (AvgIpc) is 3.03. The fraction of sp³-hybridized carbons (Fsp3) is 0.300. The second-order valence-corrected chi connectivity index (χ2v) is 8.38. The molecule has 0 amide bonds. The minimum absolute atomic E-state index is 0.0755. The van der Waals surface area contributed by atoms with Crippen LogP contribution in [0.5, 0.6) is 5.75 Å². The van der Waals surface area contributed by atoms with Gasteiger partial charge in [0.1, 0.15) is 11.4 Å². The van der Waals surface area contributed by atoms with Crippen molar-refractivity contribution in [2.45, 2.75) is 38.7 Å². The van der Waals surface area contributed by atoms with E-state index in [1.807, 2.05) is 0 Å². The lowest BCUT2D eigenvalue weighted by atomic mass is 9.96. The number of halogens is 7. The molecule has 3 aromatic rings. The summed E-state index contributed by atoms with van der Waals surface area (Å²) in [6.07, 6.45) is -9.82. The van der Waals surface area contributed by atoms with Gasteiger partial charge in [-0.05, 0) is 50.6 Å². The van der Waals surface area contributed by atoms with Crippen LogP contribution in [-0.2, 0) is 12.4 Å². The van der Waals surface area contributed by atoms with Crippen molar-refractivity contribution in [3.8, 4) is 16.9 Å². The van der Waals surface area contributed by atoms with Crippen molar-refractivity contribution in [3.63, 3.8) is 0 Å². The fourth-order valence-electron chi connectivity index (χ4n) is 2.98. The number of rotatable bonds is 4. The van der Waals surface area contributed by atoms with Crippen LogP contribution >= 0.6 is 11.6 Å². The van der Waals surface area contributed by atoms with Crippen molar-refractivity contribution in [1.82, 2.24) is 15.2 Å². The summed E-state index contributed by atoms with van der Waals surface area (Å²) in [5, 5.41) is 8.04. The lowest BCUT2D eigenvalue weighted by molar-refractivity contribution is -0.139. The molecule has 13 heteroatoms. The Morgan fingerprint density at radius 1 is 0.970 bits per heavy atom. The Labute approximate surface area is 189 Å². The Hall–Kier alpha value is -3.15. The molecule has 0 bridgehead atoms. The zero-order valence-corrected chi connectivity index (χ0v) is 18.2. The van der Waals surface area contributed by atoms with E-state index < -0.39 is 45.4 Å². The van der Waals surface area contributed by atoms with E-state index in [1.54, 1.807) is 20.8 Å². The van der Waals surface area contributed by atoms with E-state index in [9.17, 15) is 26.3 Å². The lowest BCUT2D eigenvalue weighted by Crippen LogP contribution is -2.24. The summed E-state index contributed by atoms with van der Waals surface area (Å²) >= 11 is 6.13. The molecule has 6 nitrogen and oxygen atoms in total. The molecule has 0 spiro atoms. The molecule has 0 atom stereocenters. The summed E-state index contributed by atoms with van der Waals surface area (Å²) in [7, 11) is 0. The first kappa shape index (κ1) is 24.5. The number of nitrogens with zero attached hydrogens (tertiary/aromatic N) is 2. The van der Waals surface area contributed by atoms with Crippen LogP contribution in [0.2, 0.25) is 5.02 Å². The van der Waals surface area contributed by atoms with Gasteiger partial charge in [0, 0.05) is 11.3 Å². The predicted molar refractivity (Wildman–Crippen MR) is 111 cm³/mol. The highest BCUT2D eigenvalue weighted by atomic mass is 35.5. The SMILES string of the molecule is CC(C)(C)Oc1ccc(-c2c(Cl)cc(Nc3n[nH]c(N)n3)cc2C(F)(F)F)cc1C(F)(F)F. The van der Waals surface area contributed by atoms with Gasteiger partial charge in [-0.1, -0.05) is 17.7 Å². The van der Waals surface area contributed by atoms with E-state index >= 15 is 0 Å². The second kappa shape index (κ2) is 8.32. The summed E-state index contributed by atoms with van der Waals surface area (Å²) in [5.74, 6) is -0.704. The number of H-pyrrole nitrogens is 1. The monoisotopic (exact) mass is 493 g/mol. The first-order chi connectivity index (χ1) is 15.0. The first-order valence-electron chi connectivity index (χ1n) is 9.31. The number of nitrogens with two attached hydrogens (primary N) is 1. The van der Waals surface area contributed by atoms with Crippen LogP contribution in [0.3, 0.4) is 0 Å². The van der Waals surface area contributed by atoms with Crippen molar-refractivity contribution < 1.29 is 31.1 Å². The van der Waals surface area contributed by atoms with Crippen LogP contribution in [0.15, 0.2) is 30.3 Å². The molecule has 1 heterocycles. The van der Waals surface area contributed by atoms with Crippen LogP contribution in [0.25, 0.3) is 11.1 Å². The Morgan fingerprint density at radius 2 is 1.61 bits per heavy atom. The normalized spacial score (nSPS) is 12.7. The number of ether oxygens (including phenoxy) is 1. The predicted octanol–water partition coefficient (Wildman–Crippen LogP) is 6.67. The standard InChI is InChI=1S/C20H18ClF6N5O/c1-18(2,3)33-14-5-4-9(6-11(14)19(22,23)24)15-12(20(25,26)27)7-10(8-13(15)21)29-17-30-16(28)31-32-17/h4-8H,1-3H3,(H4,28,29,30,31,32). The molecule has 0 saturated carbocycles. The van der Waals surface area contributed by atoms with E-state index in [1.165, 1.54) is 0 Å². The summed E-state index contributed by atoms with van der Waals surface area (Å²) in [5.41, 5.74) is 0.809. The van der Waals surface area contributed by atoms with Gasteiger partial charge in [-0.25, -0.2) is 5.10 Å². The molecule has 0 radical (unpaired) electrons. The first-order valence-corrected chi connectivity index (χ1v) is 9.68. The minimum atomic E-state index is -4.94. The van der Waals surface area contributed by atoms with E-state index in [-0.39, 0.29) is 23.1 Å². The highest BCUT2D eigenvalue weighted by Crippen LogP contribution is 2.46. The Kier molecular flexibility index (Phi) is 6.18. The maximum absolute atomic E-state index is 13.9. The van der Waals surface area contributed by atoms with Gasteiger partial charge in [0.05, 0.1) is 16.1 Å². The van der Waals surface area contributed by atoms with Crippen molar-refractivity contribution >= 4 is 29.2 Å².